The van der Waals surface area contributed by atoms with E-state index in [1.807, 2.05) is 39.0 Å². The summed E-state index contributed by atoms with van der Waals surface area (Å²) in [5, 5.41) is 23.5. The molecule has 5 nitrogen and oxygen atoms in total. The SMILES string of the molecule is CC[C@@H](CC(=O)O)c1ccc(N(CC(C)(C)O)C2CCCCC2)c(Nc2ccc(F)cc2)c1. The molecule has 1 saturated carbocycles. The molecule has 1 aliphatic carbocycles. The Morgan fingerprint density at radius 2 is 1.82 bits per heavy atom. The minimum atomic E-state index is -0.876. The van der Waals surface area contributed by atoms with Gasteiger partial charge in [0, 0.05) is 18.3 Å². The number of hydrogen-bond donors (Lipinski definition) is 3. The van der Waals surface area contributed by atoms with Gasteiger partial charge >= 0.3 is 5.97 Å². The summed E-state index contributed by atoms with van der Waals surface area (Å²) in [6.45, 7) is 6.13. The molecule has 1 fully saturated rings. The van der Waals surface area contributed by atoms with Crippen LogP contribution in [0.15, 0.2) is 42.5 Å². The summed E-state index contributed by atoms with van der Waals surface area (Å²) >= 11 is 0. The van der Waals surface area contributed by atoms with Crippen LogP contribution >= 0.6 is 0 Å². The second-order valence-corrected chi connectivity index (χ2v) is 9.84. The Hall–Kier alpha value is -2.60. The molecular weight excluding hydrogens is 419 g/mol. The normalized spacial score (nSPS) is 15.8. The van der Waals surface area contributed by atoms with Crippen LogP contribution in [0.25, 0.3) is 0 Å². The van der Waals surface area contributed by atoms with E-state index < -0.39 is 11.6 Å². The van der Waals surface area contributed by atoms with Gasteiger partial charge in [-0.15, -0.1) is 0 Å². The molecule has 0 spiro atoms. The van der Waals surface area contributed by atoms with Gasteiger partial charge in [0.15, 0.2) is 0 Å². The van der Waals surface area contributed by atoms with Gasteiger partial charge in [-0.3, -0.25) is 4.79 Å². The highest BCUT2D eigenvalue weighted by Gasteiger charge is 2.29. The largest absolute Gasteiger partial charge is 0.481 e. The fourth-order valence-corrected chi connectivity index (χ4v) is 4.78. The smallest absolute Gasteiger partial charge is 0.303 e. The first-order chi connectivity index (χ1) is 15.7. The van der Waals surface area contributed by atoms with Crippen LogP contribution in [0, 0.1) is 5.82 Å². The number of nitrogens with zero attached hydrogens (tertiary/aromatic N) is 1. The summed E-state index contributed by atoms with van der Waals surface area (Å²) in [4.78, 5) is 13.7. The fraction of sp³-hybridized carbons (Fsp3) is 0.519. The number of benzene rings is 2. The van der Waals surface area contributed by atoms with E-state index >= 15 is 0 Å². The Morgan fingerprint density at radius 3 is 2.39 bits per heavy atom. The van der Waals surface area contributed by atoms with Crippen molar-refractivity contribution in [2.75, 3.05) is 16.8 Å². The van der Waals surface area contributed by atoms with E-state index in [9.17, 15) is 19.4 Å². The van der Waals surface area contributed by atoms with Crippen LogP contribution in [0.2, 0.25) is 0 Å². The molecule has 0 aromatic heterocycles. The van der Waals surface area contributed by atoms with Gasteiger partial charge in [0.25, 0.3) is 0 Å². The Bertz CT molecular complexity index is 918. The van der Waals surface area contributed by atoms with E-state index in [4.69, 9.17) is 0 Å². The molecule has 2 aromatic rings. The zero-order chi connectivity index (χ0) is 24.0. The van der Waals surface area contributed by atoms with Crippen molar-refractivity contribution in [1.29, 1.82) is 0 Å². The number of rotatable bonds is 10. The Labute approximate surface area is 196 Å². The van der Waals surface area contributed by atoms with E-state index in [0.717, 1.165) is 41.9 Å². The van der Waals surface area contributed by atoms with Crippen molar-refractivity contribution in [2.45, 2.75) is 83.3 Å². The van der Waals surface area contributed by atoms with Gasteiger partial charge in [-0.2, -0.15) is 0 Å². The van der Waals surface area contributed by atoms with Crippen molar-refractivity contribution in [1.82, 2.24) is 0 Å². The van der Waals surface area contributed by atoms with Crippen LogP contribution in [-0.2, 0) is 4.79 Å². The number of carbonyl (C=O) groups is 1. The summed E-state index contributed by atoms with van der Waals surface area (Å²) in [6.07, 6.45) is 6.51. The average Bonchev–Trinajstić information content (AvgIpc) is 2.77. The molecule has 0 amide bonds. The molecule has 33 heavy (non-hydrogen) atoms. The lowest BCUT2D eigenvalue weighted by Crippen LogP contribution is -2.45. The third-order valence-corrected chi connectivity index (χ3v) is 6.41. The maximum absolute atomic E-state index is 13.5. The third-order valence-electron chi connectivity index (χ3n) is 6.41. The van der Waals surface area contributed by atoms with Gasteiger partial charge in [0.2, 0.25) is 0 Å². The first-order valence-corrected chi connectivity index (χ1v) is 12.0. The molecule has 1 aliphatic rings. The van der Waals surface area contributed by atoms with Crippen LogP contribution in [0.1, 0.15) is 77.2 Å². The maximum Gasteiger partial charge on any atom is 0.303 e. The van der Waals surface area contributed by atoms with Crippen molar-refractivity contribution in [3.63, 3.8) is 0 Å². The molecule has 0 saturated heterocycles. The molecule has 3 N–H and O–H groups in total. The monoisotopic (exact) mass is 456 g/mol. The van der Waals surface area contributed by atoms with Crippen molar-refractivity contribution in [3.8, 4) is 0 Å². The Balaban J connectivity index is 2.05. The van der Waals surface area contributed by atoms with Gasteiger partial charge in [0.05, 0.1) is 23.4 Å². The highest BCUT2D eigenvalue weighted by atomic mass is 19.1. The van der Waals surface area contributed by atoms with E-state index in [1.54, 1.807) is 12.1 Å². The average molecular weight is 457 g/mol. The second kappa shape index (κ2) is 11.0. The van der Waals surface area contributed by atoms with Gasteiger partial charge in [-0.05, 0) is 81.0 Å². The summed E-state index contributed by atoms with van der Waals surface area (Å²) in [5.74, 6) is -1.21. The molecule has 180 valence electrons. The molecule has 0 bridgehead atoms. The zero-order valence-corrected chi connectivity index (χ0v) is 20.0. The number of halogens is 1. The number of anilines is 3. The number of aliphatic hydroxyl groups is 1. The molecule has 0 radical (unpaired) electrons. The van der Waals surface area contributed by atoms with Crippen molar-refractivity contribution in [2.24, 2.45) is 0 Å². The van der Waals surface area contributed by atoms with E-state index in [2.05, 4.69) is 10.2 Å². The topological polar surface area (TPSA) is 72.8 Å². The van der Waals surface area contributed by atoms with Gasteiger partial charge < -0.3 is 20.4 Å². The van der Waals surface area contributed by atoms with Crippen LogP contribution in [-0.4, -0.2) is 34.4 Å². The molecule has 2 aromatic carbocycles. The van der Waals surface area contributed by atoms with E-state index in [0.29, 0.717) is 12.6 Å². The standard InChI is InChI=1S/C27H37FN2O3/c1-4-19(17-26(31)32)20-10-15-25(24(16-20)29-22-13-11-21(28)12-14-22)30(18-27(2,3)33)23-8-6-5-7-9-23/h10-16,19,23,29,33H,4-9,17-18H2,1-3H3,(H,31,32)/t19-/m0/s1. The summed E-state index contributed by atoms with van der Waals surface area (Å²) in [6, 6.07) is 12.6. The molecule has 6 heteroatoms. The zero-order valence-electron chi connectivity index (χ0n) is 20.0. The number of hydrogen-bond acceptors (Lipinski definition) is 4. The Kier molecular flexibility index (Phi) is 8.35. The van der Waals surface area contributed by atoms with Crippen LogP contribution in [0.4, 0.5) is 21.5 Å². The predicted octanol–water partition coefficient (Wildman–Crippen LogP) is 6.45. The van der Waals surface area contributed by atoms with Gasteiger partial charge in [-0.1, -0.05) is 32.3 Å². The van der Waals surface area contributed by atoms with Crippen LogP contribution in [0.5, 0.6) is 0 Å². The second-order valence-electron chi connectivity index (χ2n) is 9.84. The van der Waals surface area contributed by atoms with Crippen molar-refractivity contribution < 1.29 is 19.4 Å². The summed E-state index contributed by atoms with van der Waals surface area (Å²) in [5.41, 5.74) is 2.66. The molecule has 0 heterocycles. The number of carboxylic acid groups (broad SMARTS) is 1. The lowest BCUT2D eigenvalue weighted by molar-refractivity contribution is -0.137. The molecule has 1 atom stereocenters. The lowest BCUT2D eigenvalue weighted by atomic mass is 9.90. The van der Waals surface area contributed by atoms with Crippen molar-refractivity contribution in [3.05, 3.63) is 53.8 Å². The maximum atomic E-state index is 13.5. The molecule has 0 aliphatic heterocycles. The summed E-state index contributed by atoms with van der Waals surface area (Å²) in [7, 11) is 0. The summed E-state index contributed by atoms with van der Waals surface area (Å²) < 4.78 is 13.5. The number of carboxylic acids is 1. The molecule has 0 unspecified atom stereocenters. The quantitative estimate of drug-likeness (QED) is 0.383. The minimum Gasteiger partial charge on any atom is -0.481 e. The highest BCUT2D eigenvalue weighted by Crippen LogP contribution is 2.38. The van der Waals surface area contributed by atoms with E-state index in [-0.39, 0.29) is 18.2 Å². The first kappa shape index (κ1) is 25.0. The van der Waals surface area contributed by atoms with Gasteiger partial charge in [0.1, 0.15) is 5.82 Å². The van der Waals surface area contributed by atoms with Crippen molar-refractivity contribution >= 4 is 23.0 Å². The fourth-order valence-electron chi connectivity index (χ4n) is 4.78. The molecular formula is C27H37FN2O3. The first-order valence-electron chi connectivity index (χ1n) is 12.0. The highest BCUT2D eigenvalue weighted by molar-refractivity contribution is 5.77. The van der Waals surface area contributed by atoms with Crippen LogP contribution < -0.4 is 10.2 Å². The van der Waals surface area contributed by atoms with E-state index in [1.165, 1.54) is 31.4 Å². The molecule has 3 rings (SSSR count). The third kappa shape index (κ3) is 7.19. The predicted molar refractivity (Wildman–Crippen MR) is 132 cm³/mol. The number of aliphatic carboxylic acids is 1. The van der Waals surface area contributed by atoms with Gasteiger partial charge in [-0.25, -0.2) is 4.39 Å². The number of nitrogens with one attached hydrogen (secondary N) is 1. The Morgan fingerprint density at radius 1 is 1.15 bits per heavy atom. The lowest BCUT2D eigenvalue weighted by Gasteiger charge is -2.40. The minimum absolute atomic E-state index is 0.0713. The van der Waals surface area contributed by atoms with Crippen LogP contribution in [0.3, 0.4) is 0 Å².